The molecule has 0 saturated heterocycles. The van der Waals surface area contributed by atoms with Crippen LogP contribution in [0.15, 0.2) is 23.3 Å². The van der Waals surface area contributed by atoms with Crippen molar-refractivity contribution in [1.29, 1.82) is 0 Å². The molecule has 0 unspecified atom stereocenters. The molecule has 0 fully saturated rings. The van der Waals surface area contributed by atoms with E-state index in [1.165, 1.54) is 6.07 Å². The number of nitrogens with zero attached hydrogens (tertiary/aromatic N) is 1. The fourth-order valence-corrected chi connectivity index (χ4v) is 1.84. The first-order valence-corrected chi connectivity index (χ1v) is 7.79. The third kappa shape index (κ3) is 6.68. The number of hydrogen-bond acceptors (Lipinski definition) is 5. The molecule has 0 atom stereocenters. The summed E-state index contributed by atoms with van der Waals surface area (Å²) in [7, 11) is 0. The summed E-state index contributed by atoms with van der Waals surface area (Å²) in [6, 6.07) is 4.66. The number of aromatic hydroxyl groups is 1. The topological polar surface area (TPSA) is 100 Å². The summed E-state index contributed by atoms with van der Waals surface area (Å²) in [4.78, 5) is 23.3. The lowest BCUT2D eigenvalue weighted by molar-refractivity contribution is -0.116. The second-order valence-corrected chi connectivity index (χ2v) is 6.34. The number of carbonyl (C=O) groups is 2. The molecule has 0 heterocycles. The molecule has 0 aliphatic rings. The van der Waals surface area contributed by atoms with Crippen LogP contribution in [0.2, 0.25) is 0 Å². The number of rotatable bonds is 5. The Morgan fingerprint density at radius 1 is 1.29 bits per heavy atom. The van der Waals surface area contributed by atoms with Crippen LogP contribution in [0.25, 0.3) is 0 Å². The summed E-state index contributed by atoms with van der Waals surface area (Å²) in [6.07, 6.45) is 0.481. The minimum absolute atomic E-state index is 0.00395. The van der Waals surface area contributed by atoms with E-state index in [2.05, 4.69) is 15.8 Å². The Kier molecular flexibility index (Phi) is 6.76. The highest BCUT2D eigenvalue weighted by Gasteiger charge is 2.16. The minimum Gasteiger partial charge on any atom is -0.507 e. The number of hydrogen-bond donors (Lipinski definition) is 3. The first-order chi connectivity index (χ1) is 11.1. The van der Waals surface area contributed by atoms with Crippen LogP contribution in [0.4, 0.5) is 10.5 Å². The standard InChI is InChI=1S/C17H25N3O4/c1-6-7-15(22)18-12-8-9-14(21)13(10-12)11(2)19-20-16(23)24-17(3,4)5/h8-10,21H,6-7H2,1-5H3,(H,18,22)(H,20,23)/b19-11+. The van der Waals surface area contributed by atoms with Crippen LogP contribution in [0, 0.1) is 0 Å². The summed E-state index contributed by atoms with van der Waals surface area (Å²) >= 11 is 0. The molecule has 24 heavy (non-hydrogen) atoms. The number of anilines is 1. The van der Waals surface area contributed by atoms with Crippen LogP contribution in [0.5, 0.6) is 5.75 Å². The van der Waals surface area contributed by atoms with Gasteiger partial charge >= 0.3 is 6.09 Å². The van der Waals surface area contributed by atoms with Gasteiger partial charge in [0, 0.05) is 17.7 Å². The maximum Gasteiger partial charge on any atom is 0.428 e. The summed E-state index contributed by atoms with van der Waals surface area (Å²) in [6.45, 7) is 8.79. The Hall–Kier alpha value is -2.57. The van der Waals surface area contributed by atoms with E-state index in [9.17, 15) is 14.7 Å². The molecule has 0 bridgehead atoms. The highest BCUT2D eigenvalue weighted by Crippen LogP contribution is 2.22. The molecule has 1 aromatic carbocycles. The van der Waals surface area contributed by atoms with E-state index >= 15 is 0 Å². The van der Waals surface area contributed by atoms with Crippen molar-refractivity contribution in [3.63, 3.8) is 0 Å². The van der Waals surface area contributed by atoms with E-state index < -0.39 is 11.7 Å². The maximum absolute atomic E-state index is 11.6. The van der Waals surface area contributed by atoms with E-state index in [0.717, 1.165) is 6.42 Å². The number of benzene rings is 1. The molecule has 1 aromatic rings. The van der Waals surface area contributed by atoms with Crippen LogP contribution >= 0.6 is 0 Å². The molecule has 0 aliphatic heterocycles. The van der Waals surface area contributed by atoms with Crippen molar-refractivity contribution in [2.45, 2.75) is 53.1 Å². The predicted octanol–water partition coefficient (Wildman–Crippen LogP) is 3.38. The van der Waals surface area contributed by atoms with Crippen LogP contribution in [0.3, 0.4) is 0 Å². The summed E-state index contributed by atoms with van der Waals surface area (Å²) in [5, 5.41) is 16.6. The normalized spacial score (nSPS) is 11.8. The van der Waals surface area contributed by atoms with Crippen LogP contribution in [0.1, 0.15) is 53.0 Å². The van der Waals surface area contributed by atoms with Gasteiger partial charge in [-0.05, 0) is 52.3 Å². The Morgan fingerprint density at radius 3 is 2.54 bits per heavy atom. The summed E-state index contributed by atoms with van der Waals surface area (Å²) in [5.41, 5.74) is 2.98. The summed E-state index contributed by atoms with van der Waals surface area (Å²) < 4.78 is 5.08. The number of ether oxygens (including phenoxy) is 1. The number of nitrogens with one attached hydrogen (secondary N) is 2. The minimum atomic E-state index is -0.686. The molecule has 7 nitrogen and oxygen atoms in total. The van der Waals surface area contributed by atoms with Crippen molar-refractivity contribution in [1.82, 2.24) is 5.43 Å². The predicted molar refractivity (Wildman–Crippen MR) is 93.2 cm³/mol. The van der Waals surface area contributed by atoms with Gasteiger partial charge in [-0.2, -0.15) is 5.10 Å². The van der Waals surface area contributed by atoms with Crippen molar-refractivity contribution in [3.05, 3.63) is 23.8 Å². The first kappa shape index (κ1) is 19.5. The van der Waals surface area contributed by atoms with Gasteiger partial charge in [-0.15, -0.1) is 0 Å². The third-order valence-electron chi connectivity index (χ3n) is 2.86. The quantitative estimate of drug-likeness (QED) is 0.436. The lowest BCUT2D eigenvalue weighted by atomic mass is 10.1. The lowest BCUT2D eigenvalue weighted by Gasteiger charge is -2.18. The SMILES string of the molecule is CCCC(=O)Nc1ccc(O)c(/C(C)=N/NC(=O)OC(C)(C)C)c1. The lowest BCUT2D eigenvalue weighted by Crippen LogP contribution is -2.30. The maximum atomic E-state index is 11.6. The van der Waals surface area contributed by atoms with Gasteiger partial charge < -0.3 is 15.2 Å². The zero-order valence-corrected chi connectivity index (χ0v) is 14.8. The van der Waals surface area contributed by atoms with Crippen LogP contribution < -0.4 is 10.7 Å². The average molecular weight is 335 g/mol. The van der Waals surface area contributed by atoms with E-state index in [1.807, 2.05) is 6.92 Å². The van der Waals surface area contributed by atoms with Gasteiger partial charge in [-0.3, -0.25) is 4.79 Å². The fourth-order valence-electron chi connectivity index (χ4n) is 1.84. The number of carbonyl (C=O) groups excluding carboxylic acids is 2. The monoisotopic (exact) mass is 335 g/mol. The summed E-state index contributed by atoms with van der Waals surface area (Å²) in [5.74, 6) is -0.105. The number of phenolic OH excluding ortho intramolecular Hbond substituents is 1. The number of amides is 2. The second-order valence-electron chi connectivity index (χ2n) is 6.34. The second kappa shape index (κ2) is 8.33. The molecule has 2 amide bonds. The molecule has 0 saturated carbocycles. The van der Waals surface area contributed by atoms with E-state index in [4.69, 9.17) is 4.74 Å². The zero-order valence-electron chi connectivity index (χ0n) is 14.8. The highest BCUT2D eigenvalue weighted by atomic mass is 16.6. The molecule has 7 heteroatoms. The molecule has 0 spiro atoms. The van der Waals surface area contributed by atoms with Crippen molar-refractivity contribution in [3.8, 4) is 5.75 Å². The smallest absolute Gasteiger partial charge is 0.428 e. The van der Waals surface area contributed by atoms with Crippen molar-refractivity contribution in [2.75, 3.05) is 5.32 Å². The molecular formula is C17H25N3O4. The van der Waals surface area contributed by atoms with E-state index in [-0.39, 0.29) is 11.7 Å². The van der Waals surface area contributed by atoms with Crippen molar-refractivity contribution in [2.24, 2.45) is 5.10 Å². The van der Waals surface area contributed by atoms with Crippen molar-refractivity contribution >= 4 is 23.4 Å². The Bertz CT molecular complexity index is 633. The third-order valence-corrected chi connectivity index (χ3v) is 2.86. The van der Waals surface area contributed by atoms with Gasteiger partial charge in [-0.25, -0.2) is 10.2 Å². The molecule has 0 aromatic heterocycles. The Labute approximate surface area is 142 Å². The van der Waals surface area contributed by atoms with Crippen molar-refractivity contribution < 1.29 is 19.4 Å². The fraction of sp³-hybridized carbons (Fsp3) is 0.471. The Morgan fingerprint density at radius 2 is 1.96 bits per heavy atom. The Balaban J connectivity index is 2.85. The van der Waals surface area contributed by atoms with Gasteiger partial charge in [0.25, 0.3) is 0 Å². The first-order valence-electron chi connectivity index (χ1n) is 7.79. The largest absolute Gasteiger partial charge is 0.507 e. The molecular weight excluding hydrogens is 310 g/mol. The van der Waals surface area contributed by atoms with Crippen LogP contribution in [-0.4, -0.2) is 28.4 Å². The van der Waals surface area contributed by atoms with E-state index in [1.54, 1.807) is 39.8 Å². The molecule has 1 rings (SSSR count). The number of phenols is 1. The zero-order chi connectivity index (χ0) is 18.3. The van der Waals surface area contributed by atoms with Gasteiger partial charge in [0.1, 0.15) is 11.4 Å². The molecule has 0 radical (unpaired) electrons. The van der Waals surface area contributed by atoms with Gasteiger partial charge in [-0.1, -0.05) is 6.92 Å². The number of hydrazone groups is 1. The average Bonchev–Trinajstić information content (AvgIpc) is 2.45. The van der Waals surface area contributed by atoms with Gasteiger partial charge in [0.05, 0.1) is 5.71 Å². The highest BCUT2D eigenvalue weighted by molar-refractivity contribution is 6.03. The molecule has 3 N–H and O–H groups in total. The van der Waals surface area contributed by atoms with Crippen LogP contribution in [-0.2, 0) is 9.53 Å². The van der Waals surface area contributed by atoms with E-state index in [0.29, 0.717) is 23.4 Å². The molecule has 0 aliphatic carbocycles. The molecule has 132 valence electrons. The van der Waals surface area contributed by atoms with Gasteiger partial charge in [0.2, 0.25) is 5.91 Å². The van der Waals surface area contributed by atoms with Gasteiger partial charge in [0.15, 0.2) is 0 Å².